The number of nitrogens with one attached hydrogen (secondary N) is 1. The van der Waals surface area contributed by atoms with Crippen LogP contribution in [0.15, 0.2) is 35.6 Å². The number of allylic oxidation sites excluding steroid dienone is 2. The maximum absolute atomic E-state index is 12.4. The molecule has 5 nitrogen and oxygen atoms in total. The average Bonchev–Trinajstić information content (AvgIpc) is 2.58. The predicted octanol–water partition coefficient (Wildman–Crippen LogP) is 0.521. The number of methoxy groups -OCH3 is 2. The fraction of sp³-hybridized carbons (Fsp3) is 0.421. The summed E-state index contributed by atoms with van der Waals surface area (Å²) in [4.78, 5) is 13.8. The third-order valence-corrected chi connectivity index (χ3v) is 5.82. The molecule has 1 aromatic rings. The number of hydrogen-bond acceptors (Lipinski definition) is 4. The molecular formula is C19H22NO4+. The first-order valence-electron chi connectivity index (χ1n) is 8.26. The number of quaternary nitrogens is 1. The van der Waals surface area contributed by atoms with E-state index in [2.05, 4.69) is 7.05 Å². The number of piperidine rings is 1. The van der Waals surface area contributed by atoms with Crippen LogP contribution >= 0.6 is 0 Å². The lowest BCUT2D eigenvalue weighted by atomic mass is 9.58. The third kappa shape index (κ3) is 1.82. The molecule has 2 aliphatic carbocycles. The number of ketones is 1. The standard InChI is InChI=1S/C19H21NO4/c1-20-7-6-19-10-16(23-2)15(22)9-12(19)13(20)8-11-4-5-14(21)18(24-3)17(11)19/h4-5,9-10,13,21H,6-8H2,1-3H3/p+1/t13-,19+/m1/s1. The Hall–Kier alpha value is -2.27. The van der Waals surface area contributed by atoms with Crippen LogP contribution in [0.2, 0.25) is 0 Å². The van der Waals surface area contributed by atoms with Gasteiger partial charge in [0.2, 0.25) is 5.78 Å². The van der Waals surface area contributed by atoms with Crippen molar-refractivity contribution in [2.24, 2.45) is 0 Å². The van der Waals surface area contributed by atoms with Gasteiger partial charge >= 0.3 is 0 Å². The summed E-state index contributed by atoms with van der Waals surface area (Å²) < 4.78 is 10.9. The zero-order valence-electron chi connectivity index (χ0n) is 14.2. The highest BCUT2D eigenvalue weighted by Gasteiger charge is 2.54. The van der Waals surface area contributed by atoms with Gasteiger partial charge in [0.25, 0.3) is 0 Å². The molecular weight excluding hydrogens is 306 g/mol. The smallest absolute Gasteiger partial charge is 0.220 e. The number of likely N-dealkylation sites (tertiary alicyclic amines) is 1. The number of aromatic hydroxyl groups is 1. The lowest BCUT2D eigenvalue weighted by Crippen LogP contribution is -3.15. The third-order valence-electron chi connectivity index (χ3n) is 5.82. The first-order chi connectivity index (χ1) is 11.5. The van der Waals surface area contributed by atoms with E-state index in [-0.39, 0.29) is 17.6 Å². The van der Waals surface area contributed by atoms with Crippen LogP contribution in [0.3, 0.4) is 0 Å². The maximum Gasteiger partial charge on any atom is 0.220 e. The Morgan fingerprint density at radius 1 is 1.29 bits per heavy atom. The van der Waals surface area contributed by atoms with Gasteiger partial charge in [-0.1, -0.05) is 6.07 Å². The largest absolute Gasteiger partial charge is 0.504 e. The summed E-state index contributed by atoms with van der Waals surface area (Å²) >= 11 is 0. The highest BCUT2D eigenvalue weighted by Crippen LogP contribution is 2.53. The number of carbonyl (C=O) groups excluding carboxylic acids is 1. The molecule has 1 saturated heterocycles. The number of hydrogen-bond donors (Lipinski definition) is 2. The fourth-order valence-corrected chi connectivity index (χ4v) is 4.66. The Balaban J connectivity index is 2.05. The van der Waals surface area contributed by atoms with Gasteiger partial charge in [-0.2, -0.15) is 0 Å². The second-order valence-corrected chi connectivity index (χ2v) is 6.90. The average molecular weight is 328 g/mol. The maximum atomic E-state index is 12.4. The Kier molecular flexibility index (Phi) is 3.25. The summed E-state index contributed by atoms with van der Waals surface area (Å²) in [6, 6.07) is 3.94. The van der Waals surface area contributed by atoms with Crippen LogP contribution in [0, 0.1) is 0 Å². The van der Waals surface area contributed by atoms with Gasteiger partial charge in [-0.15, -0.1) is 0 Å². The number of likely N-dealkylation sites (N-methyl/N-ethyl adjacent to an activating group) is 1. The number of rotatable bonds is 2. The van der Waals surface area contributed by atoms with Gasteiger partial charge in [0, 0.05) is 24.0 Å². The highest BCUT2D eigenvalue weighted by molar-refractivity contribution is 6.05. The van der Waals surface area contributed by atoms with Gasteiger partial charge in [-0.05, 0) is 23.8 Å². The van der Waals surface area contributed by atoms with Gasteiger partial charge < -0.3 is 19.5 Å². The van der Waals surface area contributed by atoms with Crippen molar-refractivity contribution in [3.63, 3.8) is 0 Å². The van der Waals surface area contributed by atoms with Crippen LogP contribution in [-0.4, -0.2) is 44.7 Å². The lowest BCUT2D eigenvalue weighted by Gasteiger charge is -2.50. The summed E-state index contributed by atoms with van der Waals surface area (Å²) in [7, 11) is 5.29. The molecule has 3 aliphatic rings. The molecule has 126 valence electrons. The van der Waals surface area contributed by atoms with E-state index in [1.54, 1.807) is 19.3 Å². The molecule has 0 saturated carbocycles. The van der Waals surface area contributed by atoms with Crippen molar-refractivity contribution in [2.75, 3.05) is 27.8 Å². The van der Waals surface area contributed by atoms with Gasteiger partial charge in [-0.3, -0.25) is 4.79 Å². The Morgan fingerprint density at radius 3 is 2.79 bits per heavy atom. The number of carbonyl (C=O) groups is 1. The molecule has 0 amide bonds. The monoisotopic (exact) mass is 328 g/mol. The molecule has 1 aliphatic heterocycles. The molecule has 3 atom stereocenters. The molecule has 2 bridgehead atoms. The van der Waals surface area contributed by atoms with E-state index in [1.165, 1.54) is 17.6 Å². The second kappa shape index (κ2) is 5.11. The van der Waals surface area contributed by atoms with Crippen LogP contribution in [0.1, 0.15) is 17.5 Å². The summed E-state index contributed by atoms with van der Waals surface area (Å²) in [5, 5.41) is 10.3. The molecule has 1 fully saturated rings. The summed E-state index contributed by atoms with van der Waals surface area (Å²) in [6.07, 6.45) is 5.39. The molecule has 0 aromatic heterocycles. The number of benzene rings is 1. The van der Waals surface area contributed by atoms with Gasteiger partial charge in [0.05, 0.1) is 33.2 Å². The topological polar surface area (TPSA) is 60.2 Å². The van der Waals surface area contributed by atoms with Crippen LogP contribution in [0.25, 0.3) is 0 Å². The van der Waals surface area contributed by atoms with E-state index >= 15 is 0 Å². The highest BCUT2D eigenvalue weighted by atomic mass is 16.5. The molecule has 4 rings (SSSR count). The first-order valence-corrected chi connectivity index (χ1v) is 8.26. The molecule has 2 N–H and O–H groups in total. The van der Waals surface area contributed by atoms with E-state index in [0.29, 0.717) is 11.5 Å². The SMILES string of the molecule is COC1=C[C@]23CC[NH+](C)[C@H](Cc4ccc(O)c(OC)c42)C3=CC1=O. The quantitative estimate of drug-likeness (QED) is 0.831. The zero-order chi connectivity index (χ0) is 17.1. The summed E-state index contributed by atoms with van der Waals surface area (Å²) in [5.41, 5.74) is 2.85. The predicted molar refractivity (Wildman–Crippen MR) is 88.4 cm³/mol. The minimum absolute atomic E-state index is 0.0783. The normalized spacial score (nSPS) is 30.7. The number of phenols is 1. The molecule has 1 heterocycles. The molecule has 1 aromatic carbocycles. The number of ether oxygens (including phenoxy) is 2. The van der Waals surface area contributed by atoms with Crippen LogP contribution < -0.4 is 9.64 Å². The Labute approximate surface area is 141 Å². The Bertz CT molecular complexity index is 795. The fourth-order valence-electron chi connectivity index (χ4n) is 4.66. The lowest BCUT2D eigenvalue weighted by molar-refractivity contribution is -0.905. The van der Waals surface area contributed by atoms with Crippen molar-refractivity contribution in [1.29, 1.82) is 0 Å². The minimum atomic E-state index is -0.429. The van der Waals surface area contributed by atoms with E-state index in [9.17, 15) is 9.90 Å². The van der Waals surface area contributed by atoms with Crippen molar-refractivity contribution < 1.29 is 24.3 Å². The van der Waals surface area contributed by atoms with Crippen molar-refractivity contribution >= 4 is 5.78 Å². The van der Waals surface area contributed by atoms with Crippen LogP contribution in [0.5, 0.6) is 11.5 Å². The minimum Gasteiger partial charge on any atom is -0.504 e. The van der Waals surface area contributed by atoms with E-state index in [0.717, 1.165) is 30.5 Å². The van der Waals surface area contributed by atoms with Gasteiger partial charge in [0.1, 0.15) is 6.04 Å². The summed E-state index contributed by atoms with van der Waals surface area (Å²) in [5.74, 6) is 0.942. The zero-order valence-corrected chi connectivity index (χ0v) is 14.2. The van der Waals surface area contributed by atoms with Gasteiger partial charge in [-0.25, -0.2) is 0 Å². The molecule has 0 radical (unpaired) electrons. The van der Waals surface area contributed by atoms with Crippen LogP contribution in [0.4, 0.5) is 0 Å². The van der Waals surface area contributed by atoms with Crippen molar-refractivity contribution in [3.05, 3.63) is 46.7 Å². The Morgan fingerprint density at radius 2 is 2.08 bits per heavy atom. The molecule has 1 unspecified atom stereocenters. The van der Waals surface area contributed by atoms with E-state index in [1.807, 2.05) is 12.1 Å². The van der Waals surface area contributed by atoms with E-state index in [4.69, 9.17) is 9.47 Å². The summed E-state index contributed by atoms with van der Waals surface area (Å²) in [6.45, 7) is 0.988. The van der Waals surface area contributed by atoms with Crippen LogP contribution in [-0.2, 0) is 21.4 Å². The molecule has 0 spiro atoms. The first kappa shape index (κ1) is 15.3. The molecule has 5 heteroatoms. The number of phenolic OH excluding ortho intramolecular Hbond substituents is 1. The second-order valence-electron chi connectivity index (χ2n) is 6.90. The van der Waals surface area contributed by atoms with Crippen molar-refractivity contribution in [1.82, 2.24) is 0 Å². The van der Waals surface area contributed by atoms with Crippen molar-refractivity contribution in [2.45, 2.75) is 24.3 Å². The van der Waals surface area contributed by atoms with Gasteiger partial charge in [0.15, 0.2) is 17.3 Å². The van der Waals surface area contributed by atoms with Crippen molar-refractivity contribution in [3.8, 4) is 11.5 Å². The van der Waals surface area contributed by atoms with E-state index < -0.39 is 5.41 Å². The number of fused-ring (bicyclic) bond motifs is 1. The molecule has 24 heavy (non-hydrogen) atoms.